The van der Waals surface area contributed by atoms with E-state index in [1.165, 1.54) is 0 Å². The summed E-state index contributed by atoms with van der Waals surface area (Å²) in [4.78, 5) is 19.4. The average molecular weight is 358 g/mol. The molecule has 2 aromatic rings. The van der Waals surface area contributed by atoms with Crippen molar-refractivity contribution < 1.29 is 9.53 Å². The molecule has 2 aliphatic rings. The van der Waals surface area contributed by atoms with Crippen LogP contribution in [0.1, 0.15) is 18.4 Å². The summed E-state index contributed by atoms with van der Waals surface area (Å²) in [5.74, 6) is 0.941. The molecule has 1 saturated carbocycles. The Morgan fingerprint density at radius 1 is 1.12 bits per heavy atom. The first kappa shape index (κ1) is 16.4. The largest absolute Gasteiger partial charge is 0.378 e. The van der Waals surface area contributed by atoms with E-state index in [4.69, 9.17) is 16.3 Å². The minimum atomic E-state index is -0.423. The normalized spacial score (nSPS) is 18.7. The Labute approximate surface area is 152 Å². The van der Waals surface area contributed by atoms with E-state index in [1.54, 1.807) is 6.20 Å². The molecule has 1 amide bonds. The topological polar surface area (TPSA) is 54.5 Å². The average Bonchev–Trinajstić information content (AvgIpc) is 3.46. The van der Waals surface area contributed by atoms with E-state index < -0.39 is 5.41 Å². The van der Waals surface area contributed by atoms with Gasteiger partial charge in [0.1, 0.15) is 5.82 Å². The number of pyridine rings is 1. The number of halogens is 1. The van der Waals surface area contributed by atoms with Crippen molar-refractivity contribution in [3.05, 3.63) is 53.2 Å². The van der Waals surface area contributed by atoms with Crippen LogP contribution in [0.4, 0.5) is 11.5 Å². The molecule has 1 aliphatic heterocycles. The van der Waals surface area contributed by atoms with Gasteiger partial charge in [-0.1, -0.05) is 23.7 Å². The van der Waals surface area contributed by atoms with Crippen molar-refractivity contribution in [1.82, 2.24) is 4.98 Å². The minimum absolute atomic E-state index is 0.0238. The molecule has 0 unspecified atom stereocenters. The number of hydrogen-bond acceptors (Lipinski definition) is 4. The van der Waals surface area contributed by atoms with Gasteiger partial charge >= 0.3 is 0 Å². The zero-order valence-electron chi connectivity index (χ0n) is 13.9. The lowest BCUT2D eigenvalue weighted by molar-refractivity contribution is -0.118. The molecule has 0 spiro atoms. The molecule has 5 nitrogen and oxygen atoms in total. The Balaban J connectivity index is 1.44. The number of nitrogens with zero attached hydrogens (tertiary/aromatic N) is 2. The summed E-state index contributed by atoms with van der Waals surface area (Å²) in [6.45, 7) is 3.14. The standard InChI is InChI=1S/C19H20ClN3O2/c20-15-3-1-14(2-4-15)19(7-8-19)18(24)22-16-5-6-17(21-13-16)23-9-11-25-12-10-23/h1-6,13H,7-12H2,(H,22,24). The number of nitrogens with one attached hydrogen (secondary N) is 1. The van der Waals surface area contributed by atoms with Crippen molar-refractivity contribution in [2.45, 2.75) is 18.3 Å². The summed E-state index contributed by atoms with van der Waals surface area (Å²) in [6, 6.07) is 11.4. The van der Waals surface area contributed by atoms with Crippen LogP contribution in [0.15, 0.2) is 42.6 Å². The molecule has 2 heterocycles. The van der Waals surface area contributed by atoms with Gasteiger partial charge in [0.25, 0.3) is 0 Å². The highest BCUT2D eigenvalue weighted by Crippen LogP contribution is 2.49. The van der Waals surface area contributed by atoms with Gasteiger partial charge in [0.05, 0.1) is 30.5 Å². The third-order valence-corrected chi connectivity index (χ3v) is 5.17. The number of carbonyl (C=O) groups excluding carboxylic acids is 1. The van der Waals surface area contributed by atoms with Gasteiger partial charge in [0.2, 0.25) is 5.91 Å². The van der Waals surface area contributed by atoms with Crippen LogP contribution in [0.3, 0.4) is 0 Å². The number of benzene rings is 1. The van der Waals surface area contributed by atoms with Gasteiger partial charge in [-0.3, -0.25) is 4.79 Å². The number of morpholine rings is 1. The van der Waals surface area contributed by atoms with Crippen molar-refractivity contribution in [1.29, 1.82) is 0 Å². The molecule has 1 aromatic carbocycles. The second kappa shape index (κ2) is 6.65. The lowest BCUT2D eigenvalue weighted by Gasteiger charge is -2.27. The molecule has 0 bridgehead atoms. The second-order valence-corrected chi connectivity index (χ2v) is 6.98. The quantitative estimate of drug-likeness (QED) is 0.912. The van der Waals surface area contributed by atoms with Crippen molar-refractivity contribution in [2.24, 2.45) is 0 Å². The van der Waals surface area contributed by atoms with Crippen LogP contribution < -0.4 is 10.2 Å². The molecule has 2 fully saturated rings. The fourth-order valence-corrected chi connectivity index (χ4v) is 3.36. The third kappa shape index (κ3) is 3.34. The van der Waals surface area contributed by atoms with E-state index in [0.29, 0.717) is 5.02 Å². The number of aromatic nitrogens is 1. The summed E-state index contributed by atoms with van der Waals surface area (Å²) in [7, 11) is 0. The van der Waals surface area contributed by atoms with Gasteiger partial charge in [0, 0.05) is 18.1 Å². The monoisotopic (exact) mass is 357 g/mol. The molecule has 1 aromatic heterocycles. The highest BCUT2D eigenvalue weighted by atomic mass is 35.5. The van der Waals surface area contributed by atoms with Crippen LogP contribution in [-0.4, -0.2) is 37.2 Å². The number of amides is 1. The maximum absolute atomic E-state index is 12.8. The van der Waals surface area contributed by atoms with Crippen LogP contribution in [0, 0.1) is 0 Å². The van der Waals surface area contributed by atoms with E-state index in [1.807, 2.05) is 36.4 Å². The lowest BCUT2D eigenvalue weighted by Crippen LogP contribution is -2.36. The van der Waals surface area contributed by atoms with Crippen LogP contribution in [0.25, 0.3) is 0 Å². The molecular weight excluding hydrogens is 338 g/mol. The predicted molar refractivity (Wildman–Crippen MR) is 98.3 cm³/mol. The highest BCUT2D eigenvalue weighted by molar-refractivity contribution is 6.30. The number of anilines is 2. The summed E-state index contributed by atoms with van der Waals surface area (Å²) in [5, 5.41) is 3.69. The van der Waals surface area contributed by atoms with Gasteiger partial charge in [-0.2, -0.15) is 0 Å². The summed E-state index contributed by atoms with van der Waals surface area (Å²) >= 11 is 5.95. The fraction of sp³-hybridized carbons (Fsp3) is 0.368. The molecule has 6 heteroatoms. The van der Waals surface area contributed by atoms with E-state index in [9.17, 15) is 4.79 Å². The van der Waals surface area contributed by atoms with Crippen LogP contribution >= 0.6 is 11.6 Å². The Morgan fingerprint density at radius 3 is 2.44 bits per heavy atom. The SMILES string of the molecule is O=C(Nc1ccc(N2CCOCC2)nc1)C1(c2ccc(Cl)cc2)CC1. The Bertz CT molecular complexity index is 751. The first-order valence-electron chi connectivity index (χ1n) is 8.54. The number of carbonyl (C=O) groups is 1. The van der Waals surface area contributed by atoms with Gasteiger partial charge in [-0.25, -0.2) is 4.98 Å². The van der Waals surface area contributed by atoms with Crippen molar-refractivity contribution >= 4 is 29.0 Å². The molecule has 0 radical (unpaired) electrons. The molecule has 1 aliphatic carbocycles. The third-order valence-electron chi connectivity index (χ3n) is 4.92. The molecular formula is C19H20ClN3O2. The first-order valence-corrected chi connectivity index (χ1v) is 8.91. The Morgan fingerprint density at radius 2 is 1.84 bits per heavy atom. The zero-order chi connectivity index (χ0) is 17.3. The van der Waals surface area contributed by atoms with Gasteiger partial charge in [-0.05, 0) is 42.7 Å². The Kier molecular flexibility index (Phi) is 4.36. The van der Waals surface area contributed by atoms with Gasteiger partial charge in [0.15, 0.2) is 0 Å². The molecule has 1 saturated heterocycles. The van der Waals surface area contributed by atoms with Crippen LogP contribution in [0.2, 0.25) is 5.02 Å². The van der Waals surface area contributed by atoms with E-state index in [-0.39, 0.29) is 5.91 Å². The number of ether oxygens (including phenoxy) is 1. The smallest absolute Gasteiger partial charge is 0.235 e. The lowest BCUT2D eigenvalue weighted by atomic mass is 9.95. The van der Waals surface area contributed by atoms with Crippen molar-refractivity contribution in [3.63, 3.8) is 0 Å². The van der Waals surface area contributed by atoms with E-state index in [0.717, 1.165) is 56.2 Å². The Hall–Kier alpha value is -2.11. The molecule has 1 N–H and O–H groups in total. The van der Waals surface area contributed by atoms with Crippen LogP contribution in [-0.2, 0) is 14.9 Å². The number of hydrogen-bond donors (Lipinski definition) is 1. The van der Waals surface area contributed by atoms with Gasteiger partial charge < -0.3 is 15.0 Å². The van der Waals surface area contributed by atoms with Gasteiger partial charge in [-0.15, -0.1) is 0 Å². The van der Waals surface area contributed by atoms with Crippen molar-refractivity contribution in [2.75, 3.05) is 36.5 Å². The zero-order valence-corrected chi connectivity index (χ0v) is 14.6. The minimum Gasteiger partial charge on any atom is -0.378 e. The fourth-order valence-electron chi connectivity index (χ4n) is 3.23. The number of rotatable bonds is 4. The second-order valence-electron chi connectivity index (χ2n) is 6.55. The summed E-state index contributed by atoms with van der Waals surface area (Å²) in [5.41, 5.74) is 1.32. The van der Waals surface area contributed by atoms with E-state index >= 15 is 0 Å². The molecule has 130 valence electrons. The predicted octanol–water partition coefficient (Wildman–Crippen LogP) is 3.24. The maximum Gasteiger partial charge on any atom is 0.235 e. The maximum atomic E-state index is 12.8. The van der Waals surface area contributed by atoms with Crippen molar-refractivity contribution in [3.8, 4) is 0 Å². The summed E-state index contributed by atoms with van der Waals surface area (Å²) in [6.07, 6.45) is 3.44. The first-order chi connectivity index (χ1) is 12.2. The molecule has 4 rings (SSSR count). The molecule has 25 heavy (non-hydrogen) atoms. The highest BCUT2D eigenvalue weighted by Gasteiger charge is 2.51. The van der Waals surface area contributed by atoms with Crippen LogP contribution in [0.5, 0.6) is 0 Å². The molecule has 0 atom stereocenters. The van der Waals surface area contributed by atoms with E-state index in [2.05, 4.69) is 15.2 Å². The summed E-state index contributed by atoms with van der Waals surface area (Å²) < 4.78 is 5.36.